The van der Waals surface area contributed by atoms with Gasteiger partial charge in [0.2, 0.25) is 0 Å². The Bertz CT molecular complexity index is 577. The van der Waals surface area contributed by atoms with Crippen LogP contribution in [0, 0.1) is 0 Å². The smallest absolute Gasteiger partial charge is 0.151 e. The van der Waals surface area contributed by atoms with E-state index in [0.29, 0.717) is 22.9 Å². The molecule has 2 aromatic carbocycles. The number of ether oxygens (including phenoxy) is 1. The van der Waals surface area contributed by atoms with E-state index in [9.17, 15) is 4.79 Å². The lowest BCUT2D eigenvalue weighted by atomic mass is 10.2. The first-order chi connectivity index (χ1) is 9.29. The summed E-state index contributed by atoms with van der Waals surface area (Å²) in [5.41, 5.74) is 1.59. The molecule has 96 valence electrons. The summed E-state index contributed by atoms with van der Waals surface area (Å²) in [5.74, 6) is 0.647. The Balaban J connectivity index is 1.91. The van der Waals surface area contributed by atoms with Gasteiger partial charge in [0, 0.05) is 5.56 Å². The molecule has 0 saturated carbocycles. The van der Waals surface area contributed by atoms with Crippen molar-refractivity contribution in [2.24, 2.45) is 0 Å². The highest BCUT2D eigenvalue weighted by molar-refractivity contribution is 6.33. The van der Waals surface area contributed by atoms with Crippen LogP contribution in [0.1, 0.15) is 15.9 Å². The second-order valence-corrected chi connectivity index (χ2v) is 4.33. The van der Waals surface area contributed by atoms with Crippen molar-refractivity contribution in [3.63, 3.8) is 0 Å². The van der Waals surface area contributed by atoms with E-state index in [4.69, 9.17) is 16.3 Å². The fourth-order valence-electron chi connectivity index (χ4n) is 1.59. The highest BCUT2D eigenvalue weighted by Gasteiger charge is 2.00. The van der Waals surface area contributed by atoms with Crippen LogP contribution in [-0.2, 0) is 0 Å². The maximum atomic E-state index is 10.6. The summed E-state index contributed by atoms with van der Waals surface area (Å²) in [6.07, 6.45) is 4.64. The Hall–Kier alpha value is -2.06. The first kappa shape index (κ1) is 13.4. The summed E-state index contributed by atoms with van der Waals surface area (Å²) in [6, 6.07) is 15.0. The first-order valence-corrected chi connectivity index (χ1v) is 6.26. The molecular weight excluding hydrogens is 260 g/mol. The van der Waals surface area contributed by atoms with Crippen LogP contribution in [0.3, 0.4) is 0 Å². The van der Waals surface area contributed by atoms with Crippen LogP contribution in [0.25, 0.3) is 6.08 Å². The largest absolute Gasteiger partial charge is 0.489 e. The Morgan fingerprint density at radius 3 is 2.58 bits per heavy atom. The van der Waals surface area contributed by atoms with Crippen LogP contribution in [0.5, 0.6) is 5.75 Å². The van der Waals surface area contributed by atoms with Crippen LogP contribution in [0.4, 0.5) is 0 Å². The monoisotopic (exact) mass is 272 g/mol. The Labute approximate surface area is 117 Å². The zero-order chi connectivity index (χ0) is 13.5. The highest BCUT2D eigenvalue weighted by atomic mass is 35.5. The van der Waals surface area contributed by atoms with Gasteiger partial charge in [-0.15, -0.1) is 0 Å². The van der Waals surface area contributed by atoms with E-state index in [1.165, 1.54) is 0 Å². The highest BCUT2D eigenvalue weighted by Crippen LogP contribution is 2.21. The summed E-state index contributed by atoms with van der Waals surface area (Å²) in [7, 11) is 0. The van der Waals surface area contributed by atoms with Crippen molar-refractivity contribution in [2.75, 3.05) is 6.61 Å². The zero-order valence-electron chi connectivity index (χ0n) is 10.3. The molecule has 0 aromatic heterocycles. The molecule has 0 bridgehead atoms. The predicted octanol–water partition coefficient (Wildman–Crippen LogP) is 4.24. The van der Waals surface area contributed by atoms with E-state index in [2.05, 4.69) is 0 Å². The van der Waals surface area contributed by atoms with Gasteiger partial charge in [-0.05, 0) is 29.8 Å². The first-order valence-electron chi connectivity index (χ1n) is 5.89. The fourth-order valence-corrected chi connectivity index (χ4v) is 1.80. The number of halogens is 1. The van der Waals surface area contributed by atoms with Crippen molar-refractivity contribution < 1.29 is 9.53 Å². The van der Waals surface area contributed by atoms with Gasteiger partial charge in [-0.25, -0.2) is 0 Å². The van der Waals surface area contributed by atoms with Gasteiger partial charge in [0.15, 0.2) is 6.29 Å². The van der Waals surface area contributed by atoms with Crippen molar-refractivity contribution in [3.8, 4) is 5.75 Å². The summed E-state index contributed by atoms with van der Waals surface area (Å²) < 4.78 is 5.52. The third kappa shape index (κ3) is 3.97. The lowest BCUT2D eigenvalue weighted by molar-refractivity contribution is 0.112. The minimum Gasteiger partial charge on any atom is -0.489 e. The second kappa shape index (κ2) is 6.76. The predicted molar refractivity (Wildman–Crippen MR) is 77.8 cm³/mol. The van der Waals surface area contributed by atoms with E-state index in [1.807, 2.05) is 42.5 Å². The van der Waals surface area contributed by atoms with Crippen molar-refractivity contribution in [1.82, 2.24) is 0 Å². The van der Waals surface area contributed by atoms with Gasteiger partial charge in [0.1, 0.15) is 12.4 Å². The standard InChI is InChI=1S/C16H13ClO2/c17-16-11-15(9-8-14(16)12-18)19-10-4-7-13-5-2-1-3-6-13/h1-9,11-12H,10H2/b7-4+. The molecule has 0 N–H and O–H groups in total. The molecule has 3 heteroatoms. The van der Waals surface area contributed by atoms with Crippen molar-refractivity contribution in [1.29, 1.82) is 0 Å². The number of hydrogen-bond donors (Lipinski definition) is 0. The van der Waals surface area contributed by atoms with Gasteiger partial charge in [-0.3, -0.25) is 4.79 Å². The Kier molecular flexibility index (Phi) is 4.76. The third-order valence-corrected chi connectivity index (χ3v) is 2.88. The molecule has 0 amide bonds. The molecule has 2 nitrogen and oxygen atoms in total. The van der Waals surface area contributed by atoms with Gasteiger partial charge in [-0.2, -0.15) is 0 Å². The van der Waals surface area contributed by atoms with Crippen molar-refractivity contribution in [3.05, 3.63) is 70.8 Å². The lowest BCUT2D eigenvalue weighted by Crippen LogP contribution is -1.94. The van der Waals surface area contributed by atoms with Gasteiger partial charge in [-0.1, -0.05) is 48.0 Å². The molecule has 0 aliphatic heterocycles. The summed E-state index contributed by atoms with van der Waals surface area (Å²) in [5, 5.41) is 0.402. The van der Waals surface area contributed by atoms with Crippen molar-refractivity contribution in [2.45, 2.75) is 0 Å². The molecule has 0 aliphatic rings. The molecule has 19 heavy (non-hydrogen) atoms. The van der Waals surface area contributed by atoms with E-state index in [-0.39, 0.29) is 0 Å². The molecule has 0 saturated heterocycles. The summed E-state index contributed by atoms with van der Waals surface area (Å²) in [6.45, 7) is 0.450. The molecule has 2 rings (SSSR count). The number of benzene rings is 2. The van der Waals surface area contributed by atoms with Gasteiger partial charge >= 0.3 is 0 Å². The molecule has 0 atom stereocenters. The molecule has 0 spiro atoms. The normalized spacial score (nSPS) is 10.6. The van der Waals surface area contributed by atoms with Crippen LogP contribution in [0.15, 0.2) is 54.6 Å². The average Bonchev–Trinajstić information content (AvgIpc) is 2.45. The SMILES string of the molecule is O=Cc1ccc(OC/C=C/c2ccccc2)cc1Cl. The number of carbonyl (C=O) groups is 1. The fraction of sp³-hybridized carbons (Fsp3) is 0.0625. The number of aldehydes is 1. The molecule has 0 fully saturated rings. The Morgan fingerprint density at radius 2 is 1.89 bits per heavy atom. The molecule has 2 aromatic rings. The summed E-state index contributed by atoms with van der Waals surface area (Å²) in [4.78, 5) is 10.6. The van der Waals surface area contributed by atoms with Crippen LogP contribution >= 0.6 is 11.6 Å². The minimum absolute atomic E-state index is 0.402. The van der Waals surface area contributed by atoms with Crippen LogP contribution in [0.2, 0.25) is 5.02 Å². The van der Waals surface area contributed by atoms with E-state index in [0.717, 1.165) is 11.8 Å². The molecule has 0 heterocycles. The number of carbonyl (C=O) groups excluding carboxylic acids is 1. The van der Waals surface area contributed by atoms with Crippen LogP contribution < -0.4 is 4.74 Å². The average molecular weight is 273 g/mol. The van der Waals surface area contributed by atoms with Crippen LogP contribution in [-0.4, -0.2) is 12.9 Å². The maximum Gasteiger partial charge on any atom is 0.151 e. The van der Waals surface area contributed by atoms with Crippen molar-refractivity contribution >= 4 is 24.0 Å². The molecule has 0 aliphatic carbocycles. The summed E-state index contributed by atoms with van der Waals surface area (Å²) >= 11 is 5.91. The second-order valence-electron chi connectivity index (χ2n) is 3.93. The van der Waals surface area contributed by atoms with Gasteiger partial charge in [0.25, 0.3) is 0 Å². The third-order valence-electron chi connectivity index (χ3n) is 2.55. The minimum atomic E-state index is 0.402. The number of rotatable bonds is 5. The lowest BCUT2D eigenvalue weighted by Gasteiger charge is -2.04. The molecule has 0 unspecified atom stereocenters. The topological polar surface area (TPSA) is 26.3 Å². The zero-order valence-corrected chi connectivity index (χ0v) is 11.0. The van der Waals surface area contributed by atoms with E-state index in [1.54, 1.807) is 18.2 Å². The van der Waals surface area contributed by atoms with E-state index < -0.39 is 0 Å². The molecular formula is C16H13ClO2. The Morgan fingerprint density at radius 1 is 1.11 bits per heavy atom. The number of hydrogen-bond acceptors (Lipinski definition) is 2. The molecule has 0 radical (unpaired) electrons. The van der Waals surface area contributed by atoms with Gasteiger partial charge in [0.05, 0.1) is 5.02 Å². The quantitative estimate of drug-likeness (QED) is 0.761. The van der Waals surface area contributed by atoms with E-state index >= 15 is 0 Å². The maximum absolute atomic E-state index is 10.6. The van der Waals surface area contributed by atoms with Gasteiger partial charge < -0.3 is 4.74 Å².